The first-order chi connectivity index (χ1) is 9.73. The fourth-order valence-corrected chi connectivity index (χ4v) is 4.73. The van der Waals surface area contributed by atoms with Crippen LogP contribution in [0.3, 0.4) is 0 Å². The molecule has 1 aliphatic heterocycles. The van der Waals surface area contributed by atoms with Crippen LogP contribution in [0.1, 0.15) is 32.4 Å². The molecule has 1 atom stereocenters. The molecule has 6 nitrogen and oxygen atoms in total. The summed E-state index contributed by atoms with van der Waals surface area (Å²) in [5, 5.41) is 2.92. The Morgan fingerprint density at radius 3 is 2.81 bits per heavy atom. The van der Waals surface area contributed by atoms with Crippen molar-refractivity contribution in [2.24, 2.45) is 0 Å². The van der Waals surface area contributed by atoms with Crippen LogP contribution in [0.5, 0.6) is 0 Å². The van der Waals surface area contributed by atoms with E-state index in [2.05, 4.69) is 26.0 Å². The first-order valence-corrected chi connectivity index (χ1v) is 9.10. The largest absolute Gasteiger partial charge is 0.452 e. The van der Waals surface area contributed by atoms with Gasteiger partial charge in [0, 0.05) is 18.7 Å². The molecule has 1 aromatic rings. The molecule has 0 spiro atoms. The standard InChI is InChI=1S/C13H21BrN2O4S/c1-13(2)7-9(4-5-19-13)16-21(17,18)11-6-10(8-15-3)20-12(11)14/h6,9,15-16H,4-5,7-8H2,1-3H3. The minimum atomic E-state index is -3.61. The Kier molecular flexibility index (Phi) is 5.15. The summed E-state index contributed by atoms with van der Waals surface area (Å²) < 4.78 is 38.9. The van der Waals surface area contributed by atoms with Gasteiger partial charge in [-0.25, -0.2) is 13.1 Å². The molecule has 0 saturated carbocycles. The molecule has 1 saturated heterocycles. The molecule has 1 aliphatic rings. The maximum atomic E-state index is 12.5. The molecule has 1 fully saturated rings. The number of furan rings is 1. The summed E-state index contributed by atoms with van der Waals surface area (Å²) in [4.78, 5) is 0.136. The minimum Gasteiger partial charge on any atom is -0.452 e. The van der Waals surface area contributed by atoms with E-state index in [1.807, 2.05) is 13.8 Å². The van der Waals surface area contributed by atoms with Gasteiger partial charge in [0.1, 0.15) is 10.7 Å². The van der Waals surface area contributed by atoms with Crippen molar-refractivity contribution in [2.45, 2.75) is 49.8 Å². The highest BCUT2D eigenvalue weighted by Gasteiger charge is 2.33. The van der Waals surface area contributed by atoms with Crippen molar-refractivity contribution in [3.8, 4) is 0 Å². The fraction of sp³-hybridized carbons (Fsp3) is 0.692. The molecule has 2 heterocycles. The van der Waals surface area contributed by atoms with Crippen molar-refractivity contribution >= 4 is 26.0 Å². The molecule has 0 radical (unpaired) electrons. The molecule has 1 unspecified atom stereocenters. The molecule has 8 heteroatoms. The number of halogens is 1. The van der Waals surface area contributed by atoms with Crippen LogP contribution in [0, 0.1) is 0 Å². The maximum Gasteiger partial charge on any atom is 0.245 e. The Morgan fingerprint density at radius 2 is 2.19 bits per heavy atom. The highest BCUT2D eigenvalue weighted by atomic mass is 79.9. The third-order valence-corrected chi connectivity index (χ3v) is 5.74. The topological polar surface area (TPSA) is 80.6 Å². The first-order valence-electron chi connectivity index (χ1n) is 6.82. The molecule has 0 aliphatic carbocycles. The van der Waals surface area contributed by atoms with Crippen molar-refractivity contribution in [2.75, 3.05) is 13.7 Å². The zero-order valence-electron chi connectivity index (χ0n) is 12.4. The molecule has 21 heavy (non-hydrogen) atoms. The molecule has 2 rings (SSSR count). The van der Waals surface area contributed by atoms with Crippen LogP contribution in [-0.2, 0) is 21.3 Å². The van der Waals surface area contributed by atoms with Crippen molar-refractivity contribution in [1.29, 1.82) is 0 Å². The Hall–Kier alpha value is -0.410. The third kappa shape index (κ3) is 4.29. The van der Waals surface area contributed by atoms with Crippen LogP contribution in [0.15, 0.2) is 20.0 Å². The molecule has 2 N–H and O–H groups in total. The van der Waals surface area contributed by atoms with Gasteiger partial charge in [0.2, 0.25) is 10.0 Å². The van der Waals surface area contributed by atoms with Gasteiger partial charge in [-0.05, 0) is 49.7 Å². The van der Waals surface area contributed by atoms with Gasteiger partial charge in [-0.2, -0.15) is 0 Å². The lowest BCUT2D eigenvalue weighted by molar-refractivity contribution is -0.0599. The van der Waals surface area contributed by atoms with Gasteiger partial charge in [0.05, 0.1) is 12.1 Å². The second-order valence-corrected chi connectivity index (χ2v) is 8.20. The van der Waals surface area contributed by atoms with E-state index in [9.17, 15) is 8.42 Å². The van der Waals surface area contributed by atoms with Crippen LogP contribution >= 0.6 is 15.9 Å². The lowest BCUT2D eigenvalue weighted by Crippen LogP contribution is -2.45. The maximum absolute atomic E-state index is 12.5. The van der Waals surface area contributed by atoms with E-state index in [4.69, 9.17) is 9.15 Å². The highest BCUT2D eigenvalue weighted by molar-refractivity contribution is 9.10. The molecule has 120 valence electrons. The molecule has 0 aromatic carbocycles. The summed E-state index contributed by atoms with van der Waals surface area (Å²) in [6.07, 6.45) is 1.31. The van der Waals surface area contributed by atoms with Crippen LogP contribution in [-0.4, -0.2) is 33.7 Å². The van der Waals surface area contributed by atoms with Gasteiger partial charge in [-0.1, -0.05) is 0 Å². The van der Waals surface area contributed by atoms with Gasteiger partial charge in [0.25, 0.3) is 0 Å². The van der Waals surface area contributed by atoms with Crippen LogP contribution < -0.4 is 10.0 Å². The number of ether oxygens (including phenoxy) is 1. The molecular formula is C13H21BrN2O4S. The summed E-state index contributed by atoms with van der Waals surface area (Å²) in [6.45, 7) is 4.95. The first kappa shape index (κ1) is 17.0. The fourth-order valence-electron chi connectivity index (χ4n) is 2.46. The summed E-state index contributed by atoms with van der Waals surface area (Å²) in [7, 11) is -1.84. The predicted molar refractivity (Wildman–Crippen MR) is 82.5 cm³/mol. The normalized spacial score (nSPS) is 22.4. The Balaban J connectivity index is 2.15. The lowest BCUT2D eigenvalue weighted by atomic mass is 9.95. The van der Waals surface area contributed by atoms with E-state index in [-0.39, 0.29) is 21.2 Å². The zero-order chi connectivity index (χ0) is 15.7. The second-order valence-electron chi connectivity index (χ2n) is 5.80. The monoisotopic (exact) mass is 380 g/mol. The molecule has 0 amide bonds. The Bertz CT molecular complexity index is 597. The lowest BCUT2D eigenvalue weighted by Gasteiger charge is -2.35. The SMILES string of the molecule is CNCc1cc(S(=O)(=O)NC2CCOC(C)(C)C2)c(Br)o1. The predicted octanol–water partition coefficient (Wildman–Crippen LogP) is 2.00. The summed E-state index contributed by atoms with van der Waals surface area (Å²) >= 11 is 3.17. The minimum absolute atomic E-state index is 0.131. The number of sulfonamides is 1. The number of rotatable bonds is 5. The summed E-state index contributed by atoms with van der Waals surface area (Å²) in [6, 6.07) is 1.40. The average molecular weight is 381 g/mol. The number of nitrogens with one attached hydrogen (secondary N) is 2. The van der Waals surface area contributed by atoms with Gasteiger partial charge in [-0.15, -0.1) is 0 Å². The molecule has 0 bridgehead atoms. The number of hydrogen-bond acceptors (Lipinski definition) is 5. The zero-order valence-corrected chi connectivity index (χ0v) is 14.8. The number of hydrogen-bond donors (Lipinski definition) is 2. The van der Waals surface area contributed by atoms with E-state index in [0.717, 1.165) is 0 Å². The van der Waals surface area contributed by atoms with Gasteiger partial charge < -0.3 is 14.5 Å². The van der Waals surface area contributed by atoms with Crippen molar-refractivity contribution < 1.29 is 17.6 Å². The van der Waals surface area contributed by atoms with Crippen LogP contribution in [0.2, 0.25) is 0 Å². The third-order valence-electron chi connectivity index (χ3n) is 3.37. The van der Waals surface area contributed by atoms with Crippen LogP contribution in [0.25, 0.3) is 0 Å². The Labute approximate surface area is 133 Å². The van der Waals surface area contributed by atoms with E-state index < -0.39 is 10.0 Å². The van der Waals surface area contributed by atoms with Gasteiger partial charge in [-0.3, -0.25) is 0 Å². The molecule has 1 aromatic heterocycles. The van der Waals surface area contributed by atoms with E-state index in [0.29, 0.717) is 31.8 Å². The smallest absolute Gasteiger partial charge is 0.245 e. The van der Waals surface area contributed by atoms with E-state index >= 15 is 0 Å². The van der Waals surface area contributed by atoms with Gasteiger partial charge in [0.15, 0.2) is 4.67 Å². The second kappa shape index (κ2) is 6.37. The summed E-state index contributed by atoms with van der Waals surface area (Å²) in [5.74, 6) is 0.567. The van der Waals surface area contributed by atoms with Crippen molar-refractivity contribution in [1.82, 2.24) is 10.0 Å². The summed E-state index contributed by atoms with van der Waals surface area (Å²) in [5.41, 5.74) is -0.309. The quantitative estimate of drug-likeness (QED) is 0.816. The van der Waals surface area contributed by atoms with Crippen molar-refractivity contribution in [3.05, 3.63) is 16.5 Å². The Morgan fingerprint density at radius 1 is 1.48 bits per heavy atom. The molecular weight excluding hydrogens is 360 g/mol. The van der Waals surface area contributed by atoms with Crippen LogP contribution in [0.4, 0.5) is 0 Å². The highest BCUT2D eigenvalue weighted by Crippen LogP contribution is 2.29. The van der Waals surface area contributed by atoms with Crippen molar-refractivity contribution in [3.63, 3.8) is 0 Å². The van der Waals surface area contributed by atoms with Gasteiger partial charge >= 0.3 is 0 Å². The average Bonchev–Trinajstić information content (AvgIpc) is 2.69. The van der Waals surface area contributed by atoms with E-state index in [1.165, 1.54) is 6.07 Å². The van der Waals surface area contributed by atoms with E-state index in [1.54, 1.807) is 7.05 Å².